The van der Waals surface area contributed by atoms with Gasteiger partial charge in [-0.3, -0.25) is 0 Å². The first-order valence-electron chi connectivity index (χ1n) is 6.58. The van der Waals surface area contributed by atoms with Crippen molar-refractivity contribution in [3.05, 3.63) is 41.2 Å². The standard InChI is InChI=1S/C14H14F3N3O/c15-14(16,17)12-11-7-18-5-6-20(11)13(19-12)10-3-1-9(8-21)2-4-10/h1-4,18,21H,5-8H2. The number of imidazole rings is 1. The van der Waals surface area contributed by atoms with Crippen molar-refractivity contribution in [1.29, 1.82) is 0 Å². The molecule has 0 fully saturated rings. The van der Waals surface area contributed by atoms with Crippen molar-refractivity contribution in [2.45, 2.75) is 25.9 Å². The molecule has 1 aliphatic heterocycles. The lowest BCUT2D eigenvalue weighted by molar-refractivity contribution is -0.141. The Hall–Kier alpha value is -1.86. The number of fused-ring (bicyclic) bond motifs is 1. The second kappa shape index (κ2) is 5.16. The molecule has 1 aromatic heterocycles. The summed E-state index contributed by atoms with van der Waals surface area (Å²) in [5.74, 6) is 0.323. The fraction of sp³-hybridized carbons (Fsp3) is 0.357. The van der Waals surface area contributed by atoms with E-state index in [1.165, 1.54) is 0 Å². The highest BCUT2D eigenvalue weighted by Gasteiger charge is 2.39. The maximum atomic E-state index is 13.1. The van der Waals surface area contributed by atoms with Gasteiger partial charge in [0, 0.05) is 25.2 Å². The summed E-state index contributed by atoms with van der Waals surface area (Å²) in [6.45, 7) is 1.13. The minimum absolute atomic E-state index is 0.0995. The Balaban J connectivity index is 2.11. The molecule has 3 rings (SSSR count). The first-order chi connectivity index (χ1) is 10.0. The van der Waals surface area contributed by atoms with Gasteiger partial charge in [-0.25, -0.2) is 4.98 Å². The van der Waals surface area contributed by atoms with Crippen molar-refractivity contribution < 1.29 is 18.3 Å². The Bertz CT molecular complexity index is 647. The summed E-state index contributed by atoms with van der Waals surface area (Å²) >= 11 is 0. The van der Waals surface area contributed by atoms with Gasteiger partial charge < -0.3 is 15.0 Å². The van der Waals surface area contributed by atoms with Crippen molar-refractivity contribution in [2.24, 2.45) is 0 Å². The predicted molar refractivity (Wildman–Crippen MR) is 70.3 cm³/mol. The summed E-state index contributed by atoms with van der Waals surface area (Å²) in [6, 6.07) is 6.74. The van der Waals surface area contributed by atoms with Crippen LogP contribution in [0.4, 0.5) is 13.2 Å². The minimum Gasteiger partial charge on any atom is -0.392 e. The molecule has 7 heteroatoms. The molecule has 1 aliphatic rings. The molecular weight excluding hydrogens is 283 g/mol. The first-order valence-corrected chi connectivity index (χ1v) is 6.58. The van der Waals surface area contributed by atoms with Crippen LogP contribution in [0.25, 0.3) is 11.4 Å². The lowest BCUT2D eigenvalue weighted by Crippen LogP contribution is -2.29. The highest BCUT2D eigenvalue weighted by atomic mass is 19.4. The van der Waals surface area contributed by atoms with Gasteiger partial charge in [0.1, 0.15) is 5.82 Å². The average Bonchev–Trinajstić information content (AvgIpc) is 2.87. The molecule has 0 spiro atoms. The highest BCUT2D eigenvalue weighted by molar-refractivity contribution is 5.58. The summed E-state index contributed by atoms with van der Waals surface area (Å²) < 4.78 is 40.9. The van der Waals surface area contributed by atoms with E-state index in [-0.39, 0.29) is 18.8 Å². The Morgan fingerprint density at radius 2 is 1.95 bits per heavy atom. The lowest BCUT2D eigenvalue weighted by atomic mass is 10.1. The number of aliphatic hydroxyl groups excluding tert-OH is 1. The molecule has 2 heterocycles. The lowest BCUT2D eigenvalue weighted by Gasteiger charge is -2.19. The fourth-order valence-electron chi connectivity index (χ4n) is 2.51. The molecule has 21 heavy (non-hydrogen) atoms. The highest BCUT2D eigenvalue weighted by Crippen LogP contribution is 2.35. The quantitative estimate of drug-likeness (QED) is 0.893. The number of hydrogen-bond donors (Lipinski definition) is 2. The van der Waals surface area contributed by atoms with Crippen molar-refractivity contribution in [1.82, 2.24) is 14.9 Å². The summed E-state index contributed by atoms with van der Waals surface area (Å²) in [6.07, 6.45) is -4.46. The van der Waals surface area contributed by atoms with Gasteiger partial charge in [-0.2, -0.15) is 13.2 Å². The van der Waals surface area contributed by atoms with Gasteiger partial charge in [0.15, 0.2) is 5.69 Å². The van der Waals surface area contributed by atoms with Crippen LogP contribution in [0.15, 0.2) is 24.3 Å². The summed E-state index contributed by atoms with van der Waals surface area (Å²) in [4.78, 5) is 3.82. The SMILES string of the molecule is OCc1ccc(-c2nc(C(F)(F)F)c3n2CCNC3)cc1. The normalized spacial score (nSPS) is 15.0. The second-order valence-electron chi connectivity index (χ2n) is 4.91. The van der Waals surface area contributed by atoms with Crippen LogP contribution in [-0.4, -0.2) is 21.2 Å². The maximum Gasteiger partial charge on any atom is 0.435 e. The van der Waals surface area contributed by atoms with E-state index in [2.05, 4.69) is 10.3 Å². The van der Waals surface area contributed by atoms with E-state index in [9.17, 15) is 13.2 Å². The Morgan fingerprint density at radius 1 is 1.24 bits per heavy atom. The van der Waals surface area contributed by atoms with Crippen molar-refractivity contribution in [3.8, 4) is 11.4 Å². The predicted octanol–water partition coefficient (Wildman–Crippen LogP) is 2.16. The van der Waals surface area contributed by atoms with E-state index >= 15 is 0 Å². The number of aromatic nitrogens is 2. The summed E-state index contributed by atoms with van der Waals surface area (Å²) in [5, 5.41) is 12.0. The van der Waals surface area contributed by atoms with E-state index in [0.717, 1.165) is 0 Å². The molecular formula is C14H14F3N3O. The van der Waals surface area contributed by atoms with Crippen molar-refractivity contribution >= 4 is 0 Å². The van der Waals surface area contributed by atoms with Gasteiger partial charge in [-0.1, -0.05) is 24.3 Å². The van der Waals surface area contributed by atoms with Crippen LogP contribution in [-0.2, 0) is 25.9 Å². The average molecular weight is 297 g/mol. The van der Waals surface area contributed by atoms with E-state index in [1.807, 2.05) is 0 Å². The number of aliphatic hydroxyl groups is 1. The van der Waals surface area contributed by atoms with E-state index in [4.69, 9.17) is 5.11 Å². The third-order valence-corrected chi connectivity index (χ3v) is 3.54. The molecule has 0 saturated carbocycles. The van der Waals surface area contributed by atoms with Crippen LogP contribution >= 0.6 is 0 Å². The number of benzene rings is 1. The minimum atomic E-state index is -4.46. The van der Waals surface area contributed by atoms with Crippen LogP contribution in [0.5, 0.6) is 0 Å². The molecule has 0 atom stereocenters. The number of nitrogens with zero attached hydrogens (tertiary/aromatic N) is 2. The van der Waals surface area contributed by atoms with E-state index in [1.54, 1.807) is 28.8 Å². The Morgan fingerprint density at radius 3 is 2.57 bits per heavy atom. The van der Waals surface area contributed by atoms with Gasteiger partial charge in [0.05, 0.1) is 12.3 Å². The second-order valence-corrected chi connectivity index (χ2v) is 4.91. The van der Waals surface area contributed by atoms with Gasteiger partial charge in [-0.05, 0) is 5.56 Å². The zero-order valence-corrected chi connectivity index (χ0v) is 11.1. The van der Waals surface area contributed by atoms with E-state index in [0.29, 0.717) is 30.0 Å². The number of hydrogen-bond acceptors (Lipinski definition) is 3. The molecule has 0 radical (unpaired) electrons. The largest absolute Gasteiger partial charge is 0.435 e. The molecule has 4 nitrogen and oxygen atoms in total. The number of halogens is 3. The van der Waals surface area contributed by atoms with E-state index < -0.39 is 11.9 Å². The maximum absolute atomic E-state index is 13.1. The third-order valence-electron chi connectivity index (χ3n) is 3.54. The fourth-order valence-corrected chi connectivity index (χ4v) is 2.51. The Kier molecular flexibility index (Phi) is 3.46. The number of nitrogens with one attached hydrogen (secondary N) is 1. The van der Waals surface area contributed by atoms with Crippen molar-refractivity contribution in [2.75, 3.05) is 6.54 Å². The van der Waals surface area contributed by atoms with Crippen LogP contribution in [0.3, 0.4) is 0 Å². The van der Waals surface area contributed by atoms with Crippen LogP contribution in [0.1, 0.15) is 17.0 Å². The van der Waals surface area contributed by atoms with Crippen LogP contribution < -0.4 is 5.32 Å². The van der Waals surface area contributed by atoms with Crippen LogP contribution in [0, 0.1) is 0 Å². The zero-order chi connectivity index (χ0) is 15.0. The number of rotatable bonds is 2. The molecule has 2 N–H and O–H groups in total. The molecule has 1 aromatic carbocycles. The zero-order valence-electron chi connectivity index (χ0n) is 11.1. The molecule has 2 aromatic rings. The molecule has 0 bridgehead atoms. The third kappa shape index (κ3) is 2.54. The molecule has 112 valence electrons. The molecule has 0 amide bonds. The Labute approximate surface area is 119 Å². The monoisotopic (exact) mass is 297 g/mol. The summed E-state index contributed by atoms with van der Waals surface area (Å²) in [7, 11) is 0. The van der Waals surface area contributed by atoms with Gasteiger partial charge in [0.2, 0.25) is 0 Å². The van der Waals surface area contributed by atoms with Crippen LogP contribution in [0.2, 0.25) is 0 Å². The van der Waals surface area contributed by atoms with Gasteiger partial charge in [0.25, 0.3) is 0 Å². The smallest absolute Gasteiger partial charge is 0.392 e. The molecule has 0 saturated heterocycles. The van der Waals surface area contributed by atoms with Gasteiger partial charge >= 0.3 is 6.18 Å². The van der Waals surface area contributed by atoms with Crippen molar-refractivity contribution in [3.63, 3.8) is 0 Å². The van der Waals surface area contributed by atoms with Gasteiger partial charge in [-0.15, -0.1) is 0 Å². The molecule has 0 unspecified atom stereocenters. The topological polar surface area (TPSA) is 50.1 Å². The first kappa shape index (κ1) is 14.1. The summed E-state index contributed by atoms with van der Waals surface area (Å²) in [5.41, 5.74) is 0.679. The number of alkyl halides is 3. The molecule has 0 aliphatic carbocycles.